The number of para-hydroxylation sites is 1. The molecule has 150 valence electrons. The van der Waals surface area contributed by atoms with Gasteiger partial charge in [-0.05, 0) is 54.0 Å². The number of guanidine groups is 1. The van der Waals surface area contributed by atoms with E-state index in [0.29, 0.717) is 19.0 Å². The average Bonchev–Trinajstić information content (AvgIpc) is 3.09. The van der Waals surface area contributed by atoms with Crippen molar-refractivity contribution in [2.24, 2.45) is 4.99 Å². The van der Waals surface area contributed by atoms with Gasteiger partial charge < -0.3 is 15.4 Å². The number of halogens is 2. The Labute approximate surface area is 190 Å². The zero-order valence-corrected chi connectivity index (χ0v) is 19.7. The number of ether oxygens (including phenoxy) is 1. The lowest BCUT2D eigenvalue weighted by Crippen LogP contribution is -2.41. The number of nitrogens with one attached hydrogen (secondary N) is 2. The fraction of sp³-hybridized carbons (Fsp3) is 0.316. The molecule has 1 atom stereocenters. The molecular formula is C19H24BrIN6O. The molecule has 7 nitrogen and oxygen atoms in total. The monoisotopic (exact) mass is 558 g/mol. The molecule has 0 bridgehead atoms. The van der Waals surface area contributed by atoms with Crippen molar-refractivity contribution < 1.29 is 4.74 Å². The zero-order valence-electron chi connectivity index (χ0n) is 15.8. The van der Waals surface area contributed by atoms with Crippen LogP contribution in [0.5, 0.6) is 5.75 Å². The maximum atomic E-state index is 5.96. The van der Waals surface area contributed by atoms with Crippen LogP contribution in [0.4, 0.5) is 0 Å². The minimum atomic E-state index is -0.0264. The lowest BCUT2D eigenvalue weighted by atomic mass is 10.3. The highest BCUT2D eigenvalue weighted by Gasteiger charge is 2.09. The van der Waals surface area contributed by atoms with E-state index < -0.39 is 0 Å². The topological polar surface area (TPSA) is 75.8 Å². The molecule has 0 saturated heterocycles. The van der Waals surface area contributed by atoms with Crippen LogP contribution in [0.3, 0.4) is 0 Å². The quantitative estimate of drug-likeness (QED) is 0.263. The molecule has 1 aromatic carbocycles. The van der Waals surface area contributed by atoms with Crippen LogP contribution in [-0.4, -0.2) is 39.8 Å². The van der Waals surface area contributed by atoms with Crippen LogP contribution in [-0.2, 0) is 6.54 Å². The smallest absolute Gasteiger partial charge is 0.191 e. The Morgan fingerprint density at radius 2 is 1.96 bits per heavy atom. The Bertz CT molecular complexity index is 916. The van der Waals surface area contributed by atoms with Crippen LogP contribution >= 0.6 is 39.9 Å². The van der Waals surface area contributed by atoms with Crippen molar-refractivity contribution in [3.8, 4) is 5.75 Å². The van der Waals surface area contributed by atoms with Gasteiger partial charge >= 0.3 is 0 Å². The Morgan fingerprint density at radius 3 is 2.75 bits per heavy atom. The lowest BCUT2D eigenvalue weighted by molar-refractivity contribution is 0.222. The van der Waals surface area contributed by atoms with E-state index in [2.05, 4.69) is 41.8 Å². The molecule has 0 aliphatic rings. The number of nitrogens with zero attached hydrogens (tertiary/aromatic N) is 4. The maximum Gasteiger partial charge on any atom is 0.191 e. The van der Waals surface area contributed by atoms with Gasteiger partial charge in [0.15, 0.2) is 17.4 Å². The number of pyridine rings is 1. The summed E-state index contributed by atoms with van der Waals surface area (Å²) in [5.74, 6) is 2.33. The van der Waals surface area contributed by atoms with E-state index in [-0.39, 0.29) is 30.1 Å². The Morgan fingerprint density at radius 1 is 1.18 bits per heavy atom. The molecule has 2 N–H and O–H groups in total. The SMILES string of the molecule is CCNC(=NCc1nnc2ccccn12)NCC(C)Oc1ccccc1Br.I. The Balaban J connectivity index is 0.00000280. The summed E-state index contributed by atoms with van der Waals surface area (Å²) in [6.45, 7) is 5.87. The van der Waals surface area contributed by atoms with Crippen LogP contribution in [0, 0.1) is 0 Å². The van der Waals surface area contributed by atoms with E-state index in [1.165, 1.54) is 0 Å². The van der Waals surface area contributed by atoms with Crippen LogP contribution in [0.1, 0.15) is 19.7 Å². The number of rotatable bonds is 7. The molecule has 3 aromatic rings. The highest BCUT2D eigenvalue weighted by Crippen LogP contribution is 2.24. The van der Waals surface area contributed by atoms with Gasteiger partial charge in [0.05, 0.1) is 11.0 Å². The average molecular weight is 559 g/mol. The molecule has 2 heterocycles. The third-order valence-corrected chi connectivity index (χ3v) is 4.48. The second kappa shape index (κ2) is 11.2. The first-order chi connectivity index (χ1) is 13.2. The van der Waals surface area contributed by atoms with Gasteiger partial charge in [-0.1, -0.05) is 18.2 Å². The summed E-state index contributed by atoms with van der Waals surface area (Å²) in [6.07, 6.45) is 1.91. The first kappa shape index (κ1) is 22.4. The third kappa shape index (κ3) is 6.06. The number of fused-ring (bicyclic) bond motifs is 1. The van der Waals surface area contributed by atoms with E-state index in [9.17, 15) is 0 Å². The molecule has 0 fully saturated rings. The van der Waals surface area contributed by atoms with E-state index >= 15 is 0 Å². The molecule has 2 aromatic heterocycles. The van der Waals surface area contributed by atoms with Crippen LogP contribution in [0.25, 0.3) is 5.65 Å². The number of hydrogen-bond acceptors (Lipinski definition) is 4. The predicted molar refractivity (Wildman–Crippen MR) is 125 cm³/mol. The van der Waals surface area contributed by atoms with E-state index in [1.54, 1.807) is 0 Å². The van der Waals surface area contributed by atoms with Crippen LogP contribution in [0.15, 0.2) is 58.1 Å². The minimum Gasteiger partial charge on any atom is -0.488 e. The van der Waals surface area contributed by atoms with Gasteiger partial charge in [0.1, 0.15) is 18.4 Å². The first-order valence-electron chi connectivity index (χ1n) is 8.89. The van der Waals surface area contributed by atoms with Gasteiger partial charge in [-0.25, -0.2) is 4.99 Å². The molecule has 9 heteroatoms. The number of benzene rings is 1. The van der Waals surface area contributed by atoms with Crippen molar-refractivity contribution in [2.75, 3.05) is 13.1 Å². The molecule has 28 heavy (non-hydrogen) atoms. The van der Waals surface area contributed by atoms with Gasteiger partial charge in [0, 0.05) is 12.7 Å². The van der Waals surface area contributed by atoms with Gasteiger partial charge in [-0.3, -0.25) is 4.40 Å². The van der Waals surface area contributed by atoms with E-state index in [4.69, 9.17) is 4.74 Å². The molecule has 0 aliphatic carbocycles. The Kier molecular flexibility index (Phi) is 8.97. The standard InChI is InChI=1S/C19H23BrN6O.HI/c1-3-21-19(22-12-14(2)27-16-9-5-4-8-15(16)20)23-13-18-25-24-17-10-6-7-11-26(17)18;/h4-11,14H,3,12-13H2,1-2H3,(H2,21,22,23);1H. The van der Waals surface area contributed by atoms with E-state index in [1.807, 2.05) is 66.9 Å². The summed E-state index contributed by atoms with van der Waals surface area (Å²) < 4.78 is 8.84. The van der Waals surface area contributed by atoms with Crippen molar-refractivity contribution in [3.63, 3.8) is 0 Å². The summed E-state index contributed by atoms with van der Waals surface area (Å²) in [5.41, 5.74) is 0.816. The molecule has 0 amide bonds. The third-order valence-electron chi connectivity index (χ3n) is 3.83. The van der Waals surface area contributed by atoms with Gasteiger partial charge in [-0.15, -0.1) is 34.2 Å². The van der Waals surface area contributed by atoms with Gasteiger partial charge in [0.25, 0.3) is 0 Å². The fourth-order valence-electron chi connectivity index (χ4n) is 2.53. The van der Waals surface area contributed by atoms with Crippen molar-refractivity contribution in [3.05, 3.63) is 59.0 Å². The maximum absolute atomic E-state index is 5.96. The second-order valence-electron chi connectivity index (χ2n) is 5.98. The van der Waals surface area contributed by atoms with Crippen LogP contribution in [0.2, 0.25) is 0 Å². The van der Waals surface area contributed by atoms with Crippen LogP contribution < -0.4 is 15.4 Å². The minimum absolute atomic E-state index is 0. The molecule has 0 saturated carbocycles. The normalized spacial score (nSPS) is 12.3. The van der Waals surface area contributed by atoms with Crippen molar-refractivity contribution >= 4 is 51.5 Å². The van der Waals surface area contributed by atoms with Crippen molar-refractivity contribution in [1.82, 2.24) is 25.2 Å². The zero-order chi connectivity index (χ0) is 19.1. The van der Waals surface area contributed by atoms with E-state index in [0.717, 1.165) is 28.2 Å². The molecule has 3 rings (SSSR count). The second-order valence-corrected chi connectivity index (χ2v) is 6.83. The summed E-state index contributed by atoms with van der Waals surface area (Å²) in [7, 11) is 0. The predicted octanol–water partition coefficient (Wildman–Crippen LogP) is 3.63. The fourth-order valence-corrected chi connectivity index (χ4v) is 2.91. The number of hydrogen-bond donors (Lipinski definition) is 2. The molecule has 0 radical (unpaired) electrons. The molecular weight excluding hydrogens is 535 g/mol. The number of aromatic nitrogens is 3. The lowest BCUT2D eigenvalue weighted by Gasteiger charge is -2.18. The summed E-state index contributed by atoms with van der Waals surface area (Å²) in [6, 6.07) is 13.6. The van der Waals surface area contributed by atoms with Crippen molar-refractivity contribution in [1.29, 1.82) is 0 Å². The highest BCUT2D eigenvalue weighted by molar-refractivity contribution is 14.0. The molecule has 1 unspecified atom stereocenters. The highest BCUT2D eigenvalue weighted by atomic mass is 127. The van der Waals surface area contributed by atoms with Gasteiger partial charge in [-0.2, -0.15) is 0 Å². The summed E-state index contributed by atoms with van der Waals surface area (Å²) in [5, 5.41) is 14.9. The number of aliphatic imine (C=N–C) groups is 1. The summed E-state index contributed by atoms with van der Waals surface area (Å²) in [4.78, 5) is 4.61. The van der Waals surface area contributed by atoms with Gasteiger partial charge in [0.2, 0.25) is 0 Å². The molecule has 0 spiro atoms. The molecule has 0 aliphatic heterocycles. The largest absolute Gasteiger partial charge is 0.488 e. The van der Waals surface area contributed by atoms with Crippen molar-refractivity contribution in [2.45, 2.75) is 26.5 Å². The Hall–Kier alpha value is -1.88. The first-order valence-corrected chi connectivity index (χ1v) is 9.68. The summed E-state index contributed by atoms with van der Waals surface area (Å²) >= 11 is 3.50.